The number of phenols is 2. The van der Waals surface area contributed by atoms with E-state index in [2.05, 4.69) is 20.6 Å². The third kappa shape index (κ3) is 3.58. The van der Waals surface area contributed by atoms with Gasteiger partial charge < -0.3 is 20.8 Å². The van der Waals surface area contributed by atoms with Gasteiger partial charge in [-0.1, -0.05) is 12.1 Å². The molecule has 3 aromatic carbocycles. The molecule has 0 bridgehead atoms. The van der Waals surface area contributed by atoms with Crippen molar-refractivity contribution in [1.29, 1.82) is 0 Å². The maximum atomic E-state index is 12.2. The molecular formula is C22H18N4O4. The molecule has 1 atom stereocenters. The second-order valence-electron chi connectivity index (χ2n) is 6.82. The van der Waals surface area contributed by atoms with Crippen LogP contribution in [0.1, 0.15) is 18.5 Å². The smallest absolute Gasteiger partial charge is 0.253 e. The molecule has 0 aliphatic rings. The number of aromatic nitrogens is 2. The number of aromatic hydroxyl groups is 2. The minimum Gasteiger partial charge on any atom is -0.508 e. The zero-order valence-electron chi connectivity index (χ0n) is 16.0. The molecule has 8 heteroatoms. The Labute approximate surface area is 171 Å². The predicted molar refractivity (Wildman–Crippen MR) is 114 cm³/mol. The molecule has 0 saturated carbocycles. The summed E-state index contributed by atoms with van der Waals surface area (Å²) in [5.74, 6) is 0.144. The molecule has 1 heterocycles. The Kier molecular flexibility index (Phi) is 4.89. The van der Waals surface area contributed by atoms with Gasteiger partial charge in [-0.2, -0.15) is 0 Å². The number of phenolic OH excluding ortho intramolecular Hbond substituents is 2. The first-order valence-corrected chi connectivity index (χ1v) is 9.19. The van der Waals surface area contributed by atoms with Gasteiger partial charge in [-0.3, -0.25) is 9.59 Å². The van der Waals surface area contributed by atoms with Crippen molar-refractivity contribution in [2.24, 2.45) is 0 Å². The fraction of sp³-hybridized carbons (Fsp3) is 0.0909. The van der Waals surface area contributed by atoms with E-state index in [1.54, 1.807) is 42.6 Å². The Hall–Kier alpha value is -4.20. The highest BCUT2D eigenvalue weighted by molar-refractivity contribution is 5.81. The largest absolute Gasteiger partial charge is 0.508 e. The number of anilines is 3. The fourth-order valence-corrected chi connectivity index (χ4v) is 3.16. The van der Waals surface area contributed by atoms with Gasteiger partial charge >= 0.3 is 0 Å². The zero-order valence-corrected chi connectivity index (χ0v) is 16.0. The Bertz CT molecular complexity index is 1280. The van der Waals surface area contributed by atoms with E-state index >= 15 is 0 Å². The summed E-state index contributed by atoms with van der Waals surface area (Å²) in [7, 11) is 0. The monoisotopic (exact) mass is 402 g/mol. The third-order valence-corrected chi connectivity index (χ3v) is 4.77. The van der Waals surface area contributed by atoms with Gasteiger partial charge in [-0.25, -0.2) is 9.97 Å². The maximum absolute atomic E-state index is 12.2. The summed E-state index contributed by atoms with van der Waals surface area (Å²) in [6, 6.07) is 12.7. The second kappa shape index (κ2) is 7.67. The van der Waals surface area contributed by atoms with E-state index in [1.807, 2.05) is 13.0 Å². The Morgan fingerprint density at radius 3 is 2.50 bits per heavy atom. The zero-order chi connectivity index (χ0) is 21.3. The molecule has 30 heavy (non-hydrogen) atoms. The van der Waals surface area contributed by atoms with Crippen LogP contribution in [-0.4, -0.2) is 20.2 Å². The molecule has 0 radical (unpaired) electrons. The van der Waals surface area contributed by atoms with E-state index in [1.165, 1.54) is 12.4 Å². The van der Waals surface area contributed by atoms with E-state index in [9.17, 15) is 19.8 Å². The lowest BCUT2D eigenvalue weighted by molar-refractivity contribution is 0.474. The molecule has 0 unspecified atom stereocenters. The van der Waals surface area contributed by atoms with Crippen LogP contribution in [0.3, 0.4) is 0 Å². The van der Waals surface area contributed by atoms with E-state index < -0.39 is 10.9 Å². The topological polar surface area (TPSA) is 124 Å². The van der Waals surface area contributed by atoms with Gasteiger partial charge in [0.05, 0.1) is 5.69 Å². The van der Waals surface area contributed by atoms with Crippen molar-refractivity contribution in [3.8, 4) is 22.8 Å². The van der Waals surface area contributed by atoms with Crippen LogP contribution in [0.2, 0.25) is 0 Å². The molecule has 0 fully saturated rings. The van der Waals surface area contributed by atoms with Crippen molar-refractivity contribution in [2.45, 2.75) is 13.0 Å². The predicted octanol–water partition coefficient (Wildman–Crippen LogP) is 3.07. The summed E-state index contributed by atoms with van der Waals surface area (Å²) in [6.07, 6.45) is 2.93. The number of nitrogens with zero attached hydrogens (tertiary/aromatic N) is 2. The van der Waals surface area contributed by atoms with Crippen molar-refractivity contribution >= 4 is 17.1 Å². The quantitative estimate of drug-likeness (QED) is 0.286. The number of hydrogen-bond acceptors (Lipinski definition) is 8. The van der Waals surface area contributed by atoms with Gasteiger partial charge in [-0.15, -0.1) is 0 Å². The van der Waals surface area contributed by atoms with Gasteiger partial charge in [0.15, 0.2) is 0 Å². The van der Waals surface area contributed by atoms with E-state index in [0.717, 1.165) is 5.56 Å². The standard InChI is InChI=1S/C22H18N4O4/c1-12(13-3-2-4-15(27)9-13)25-19-20(22(30)21(19)29)26-14-5-6-18(28)16(10-14)17-7-8-23-11-24-17/h2-12,25-28H,1H3/t12-/m0/s1. The fourth-order valence-electron chi connectivity index (χ4n) is 3.16. The summed E-state index contributed by atoms with van der Waals surface area (Å²) in [4.78, 5) is 32.3. The molecule has 8 nitrogen and oxygen atoms in total. The van der Waals surface area contributed by atoms with Crippen LogP contribution in [-0.2, 0) is 0 Å². The van der Waals surface area contributed by atoms with Crippen LogP contribution < -0.4 is 21.5 Å². The maximum Gasteiger partial charge on any atom is 0.253 e. The molecule has 150 valence electrons. The number of hydrogen-bond donors (Lipinski definition) is 4. The molecule has 0 amide bonds. The van der Waals surface area contributed by atoms with Crippen LogP contribution in [0.25, 0.3) is 11.3 Å². The molecule has 0 spiro atoms. The molecule has 4 N–H and O–H groups in total. The van der Waals surface area contributed by atoms with Crippen LogP contribution in [0.15, 0.2) is 70.6 Å². The molecule has 0 aliphatic heterocycles. The average molecular weight is 402 g/mol. The summed E-state index contributed by atoms with van der Waals surface area (Å²) in [5, 5.41) is 25.8. The van der Waals surface area contributed by atoms with Gasteiger partial charge in [0.2, 0.25) is 0 Å². The lowest BCUT2D eigenvalue weighted by Crippen LogP contribution is -2.37. The summed E-state index contributed by atoms with van der Waals surface area (Å²) in [5.41, 5.74) is 1.34. The van der Waals surface area contributed by atoms with Crippen LogP contribution in [0, 0.1) is 0 Å². The van der Waals surface area contributed by atoms with E-state index in [4.69, 9.17) is 0 Å². The third-order valence-electron chi connectivity index (χ3n) is 4.77. The van der Waals surface area contributed by atoms with Crippen molar-refractivity contribution in [3.05, 3.63) is 87.1 Å². The number of nitrogens with one attached hydrogen (secondary N) is 2. The van der Waals surface area contributed by atoms with Crippen molar-refractivity contribution in [3.63, 3.8) is 0 Å². The first-order chi connectivity index (χ1) is 14.4. The van der Waals surface area contributed by atoms with Crippen LogP contribution in [0.4, 0.5) is 17.1 Å². The highest BCUT2D eigenvalue weighted by Gasteiger charge is 2.23. The lowest BCUT2D eigenvalue weighted by Gasteiger charge is -2.20. The minimum atomic E-state index is -0.628. The van der Waals surface area contributed by atoms with Crippen molar-refractivity contribution < 1.29 is 10.2 Å². The van der Waals surface area contributed by atoms with Gasteiger partial charge in [-0.05, 0) is 48.9 Å². The van der Waals surface area contributed by atoms with E-state index in [-0.39, 0.29) is 28.9 Å². The normalized spacial score (nSPS) is 11.9. The highest BCUT2D eigenvalue weighted by atomic mass is 16.3. The summed E-state index contributed by atoms with van der Waals surface area (Å²) >= 11 is 0. The Morgan fingerprint density at radius 1 is 0.967 bits per heavy atom. The molecule has 4 rings (SSSR count). The summed E-state index contributed by atoms with van der Waals surface area (Å²) < 4.78 is 0. The van der Waals surface area contributed by atoms with Gasteiger partial charge in [0, 0.05) is 23.5 Å². The molecule has 4 aromatic rings. The molecule has 1 aromatic heterocycles. The summed E-state index contributed by atoms with van der Waals surface area (Å²) in [6.45, 7) is 1.82. The minimum absolute atomic E-state index is 0.0279. The Morgan fingerprint density at radius 2 is 1.77 bits per heavy atom. The first-order valence-electron chi connectivity index (χ1n) is 9.19. The first kappa shape index (κ1) is 19.1. The molecule has 0 aliphatic carbocycles. The van der Waals surface area contributed by atoms with E-state index in [0.29, 0.717) is 16.9 Å². The van der Waals surface area contributed by atoms with Gasteiger partial charge in [0.25, 0.3) is 10.9 Å². The number of benzene rings is 2. The Balaban J connectivity index is 1.60. The SMILES string of the molecule is C[C@H](Nc1c(Nc2ccc(O)c(-c3ccncn3)c2)c(=O)c1=O)c1cccc(O)c1. The average Bonchev–Trinajstić information content (AvgIpc) is 2.77. The highest BCUT2D eigenvalue weighted by Crippen LogP contribution is 2.32. The van der Waals surface area contributed by atoms with Gasteiger partial charge in [0.1, 0.15) is 29.2 Å². The van der Waals surface area contributed by atoms with Crippen molar-refractivity contribution in [2.75, 3.05) is 10.6 Å². The van der Waals surface area contributed by atoms with Crippen LogP contribution in [0.5, 0.6) is 11.5 Å². The molecule has 0 saturated heterocycles. The number of rotatable bonds is 6. The lowest BCUT2D eigenvalue weighted by atomic mass is 10.1. The second-order valence-corrected chi connectivity index (χ2v) is 6.82. The van der Waals surface area contributed by atoms with Crippen LogP contribution >= 0.6 is 0 Å². The molecular weight excluding hydrogens is 384 g/mol. The van der Waals surface area contributed by atoms with Crippen molar-refractivity contribution in [1.82, 2.24) is 9.97 Å².